The van der Waals surface area contributed by atoms with Crippen LogP contribution >= 0.6 is 0 Å². The fourth-order valence-corrected chi connectivity index (χ4v) is 0.632. The summed E-state index contributed by atoms with van der Waals surface area (Å²) in [5.41, 5.74) is 2.33. The van der Waals surface area contributed by atoms with Crippen molar-refractivity contribution in [2.45, 2.75) is 41.5 Å². The Balaban J connectivity index is 0. The van der Waals surface area contributed by atoms with Gasteiger partial charge in [-0.2, -0.15) is 0 Å². The third-order valence-electron chi connectivity index (χ3n) is 0.949. The van der Waals surface area contributed by atoms with Gasteiger partial charge in [-0.15, -0.1) is 0 Å². The van der Waals surface area contributed by atoms with Crippen LogP contribution in [0.3, 0.4) is 0 Å². The number of hydrogen-bond acceptors (Lipinski definition) is 2. The minimum Gasteiger partial charge on any atom is -0.295 e. The molecule has 0 atom stereocenters. The first-order valence-corrected chi connectivity index (χ1v) is 4.49. The van der Waals surface area contributed by atoms with Gasteiger partial charge in [0.25, 0.3) is 0 Å². The van der Waals surface area contributed by atoms with Gasteiger partial charge in [-0.25, -0.2) is 0 Å². The van der Waals surface area contributed by atoms with Crippen molar-refractivity contribution in [2.24, 2.45) is 9.98 Å². The van der Waals surface area contributed by atoms with E-state index in [-0.39, 0.29) is 0 Å². The first-order valence-electron chi connectivity index (χ1n) is 4.49. The maximum absolute atomic E-state index is 4.04. The normalized spacial score (nSPS) is 7.83. The Morgan fingerprint density at radius 2 is 1.00 bits per heavy atom. The van der Waals surface area contributed by atoms with Crippen molar-refractivity contribution in [2.75, 3.05) is 13.1 Å². The lowest BCUT2D eigenvalue weighted by Crippen LogP contribution is -1.79. The maximum Gasteiger partial charge on any atom is 0.0360 e. The molecule has 2 nitrogen and oxygen atoms in total. The average Bonchev–Trinajstić information content (AvgIpc) is 1.87. The zero-order chi connectivity index (χ0) is 9.98. The van der Waals surface area contributed by atoms with Gasteiger partial charge in [0.1, 0.15) is 0 Å². The molecule has 0 heterocycles. The lowest BCUT2D eigenvalue weighted by atomic mass is 10.5. The third kappa shape index (κ3) is 22.8. The second kappa shape index (κ2) is 10.3. The number of hydrogen-bond donors (Lipinski definition) is 0. The van der Waals surface area contributed by atoms with E-state index < -0.39 is 0 Å². The standard InChI is InChI=1S/2C5H11N/c2*1-4-6-5(2)3/h2*4H2,1-3H3. The second-order valence-electron chi connectivity index (χ2n) is 2.84. The van der Waals surface area contributed by atoms with Crippen LogP contribution in [-0.4, -0.2) is 24.5 Å². The van der Waals surface area contributed by atoms with Crippen LogP contribution in [0.5, 0.6) is 0 Å². The van der Waals surface area contributed by atoms with Crippen molar-refractivity contribution >= 4 is 11.4 Å². The molecule has 0 aliphatic carbocycles. The quantitative estimate of drug-likeness (QED) is 0.569. The van der Waals surface area contributed by atoms with Gasteiger partial charge in [0.15, 0.2) is 0 Å². The second-order valence-corrected chi connectivity index (χ2v) is 2.84. The molecule has 0 spiro atoms. The molecule has 0 amide bonds. The van der Waals surface area contributed by atoms with Crippen LogP contribution in [0.15, 0.2) is 9.98 Å². The van der Waals surface area contributed by atoms with E-state index in [4.69, 9.17) is 0 Å². The third-order valence-corrected chi connectivity index (χ3v) is 0.949. The number of aliphatic imine (C=N–C) groups is 2. The van der Waals surface area contributed by atoms with Crippen LogP contribution in [0.2, 0.25) is 0 Å². The molecule has 0 aromatic carbocycles. The molecule has 0 rings (SSSR count). The molecular formula is C10H22N2. The van der Waals surface area contributed by atoms with Crippen LogP contribution in [0, 0.1) is 0 Å². The summed E-state index contributed by atoms with van der Waals surface area (Å²) in [4.78, 5) is 8.08. The predicted molar refractivity (Wildman–Crippen MR) is 58.6 cm³/mol. The SMILES string of the molecule is CCN=C(C)C.CCN=C(C)C. The molecule has 0 unspecified atom stereocenters. The van der Waals surface area contributed by atoms with Gasteiger partial charge >= 0.3 is 0 Å². The van der Waals surface area contributed by atoms with Gasteiger partial charge in [0.2, 0.25) is 0 Å². The summed E-state index contributed by atoms with van der Waals surface area (Å²) in [6.07, 6.45) is 0. The lowest BCUT2D eigenvalue weighted by Gasteiger charge is -1.81. The Morgan fingerprint density at radius 3 is 1.00 bits per heavy atom. The summed E-state index contributed by atoms with van der Waals surface area (Å²) >= 11 is 0. The molecule has 0 aliphatic rings. The van der Waals surface area contributed by atoms with Crippen molar-refractivity contribution in [3.8, 4) is 0 Å². The van der Waals surface area contributed by atoms with E-state index in [2.05, 4.69) is 9.98 Å². The Labute approximate surface area is 76.8 Å². The van der Waals surface area contributed by atoms with Gasteiger partial charge in [0.05, 0.1) is 0 Å². The highest BCUT2D eigenvalue weighted by Gasteiger charge is 1.68. The highest BCUT2D eigenvalue weighted by molar-refractivity contribution is 5.79. The molecule has 0 bridgehead atoms. The zero-order valence-electron chi connectivity index (χ0n) is 9.31. The van der Waals surface area contributed by atoms with Gasteiger partial charge in [-0.05, 0) is 41.5 Å². The van der Waals surface area contributed by atoms with Crippen LogP contribution in [0.4, 0.5) is 0 Å². The lowest BCUT2D eigenvalue weighted by molar-refractivity contribution is 1.12. The monoisotopic (exact) mass is 170 g/mol. The first-order chi connectivity index (χ1) is 5.54. The summed E-state index contributed by atoms with van der Waals surface area (Å²) in [6.45, 7) is 13.9. The van der Waals surface area contributed by atoms with E-state index >= 15 is 0 Å². The average molecular weight is 170 g/mol. The summed E-state index contributed by atoms with van der Waals surface area (Å²) in [5.74, 6) is 0. The Hall–Kier alpha value is -0.660. The first kappa shape index (κ1) is 13.9. The summed E-state index contributed by atoms with van der Waals surface area (Å²) < 4.78 is 0. The fraction of sp³-hybridized carbons (Fsp3) is 0.800. The molecule has 0 aromatic heterocycles. The van der Waals surface area contributed by atoms with E-state index in [0.717, 1.165) is 24.5 Å². The Morgan fingerprint density at radius 1 is 0.750 bits per heavy atom. The summed E-state index contributed by atoms with van der Waals surface area (Å²) in [6, 6.07) is 0. The molecule has 0 aromatic rings. The van der Waals surface area contributed by atoms with Gasteiger partial charge in [-0.3, -0.25) is 9.98 Å². The van der Waals surface area contributed by atoms with Crippen LogP contribution < -0.4 is 0 Å². The smallest absolute Gasteiger partial charge is 0.0360 e. The van der Waals surface area contributed by atoms with Crippen molar-refractivity contribution in [1.82, 2.24) is 0 Å². The zero-order valence-corrected chi connectivity index (χ0v) is 9.31. The molecule has 12 heavy (non-hydrogen) atoms. The van der Waals surface area contributed by atoms with E-state index in [9.17, 15) is 0 Å². The molecule has 0 aliphatic heterocycles. The topological polar surface area (TPSA) is 24.7 Å². The van der Waals surface area contributed by atoms with Gasteiger partial charge in [0, 0.05) is 24.5 Å². The van der Waals surface area contributed by atoms with Crippen LogP contribution in [0.1, 0.15) is 41.5 Å². The van der Waals surface area contributed by atoms with E-state index in [1.54, 1.807) is 0 Å². The van der Waals surface area contributed by atoms with Crippen molar-refractivity contribution in [1.29, 1.82) is 0 Å². The molecule has 0 saturated carbocycles. The van der Waals surface area contributed by atoms with Crippen molar-refractivity contribution in [3.05, 3.63) is 0 Å². The van der Waals surface area contributed by atoms with E-state index in [1.165, 1.54) is 0 Å². The van der Waals surface area contributed by atoms with Crippen molar-refractivity contribution in [3.63, 3.8) is 0 Å². The Kier molecular flexibility index (Phi) is 12.0. The van der Waals surface area contributed by atoms with Crippen LogP contribution in [-0.2, 0) is 0 Å². The molecular weight excluding hydrogens is 148 g/mol. The largest absolute Gasteiger partial charge is 0.295 e. The van der Waals surface area contributed by atoms with E-state index in [1.807, 2.05) is 41.5 Å². The fourth-order valence-electron chi connectivity index (χ4n) is 0.632. The van der Waals surface area contributed by atoms with Gasteiger partial charge in [-0.1, -0.05) is 0 Å². The molecule has 0 saturated heterocycles. The number of rotatable bonds is 2. The van der Waals surface area contributed by atoms with E-state index in [0.29, 0.717) is 0 Å². The molecule has 72 valence electrons. The summed E-state index contributed by atoms with van der Waals surface area (Å²) in [5, 5.41) is 0. The molecule has 0 fully saturated rings. The Bertz CT molecular complexity index is 120. The van der Waals surface area contributed by atoms with Gasteiger partial charge < -0.3 is 0 Å². The molecule has 2 heteroatoms. The molecule has 0 radical (unpaired) electrons. The van der Waals surface area contributed by atoms with Crippen molar-refractivity contribution < 1.29 is 0 Å². The minimum absolute atomic E-state index is 0.919. The maximum atomic E-state index is 4.04. The summed E-state index contributed by atoms with van der Waals surface area (Å²) in [7, 11) is 0. The number of nitrogens with zero attached hydrogens (tertiary/aromatic N) is 2. The predicted octanol–water partition coefficient (Wildman–Crippen LogP) is 2.97. The molecule has 0 N–H and O–H groups in total. The highest BCUT2D eigenvalue weighted by atomic mass is 14.7. The minimum atomic E-state index is 0.919. The van der Waals surface area contributed by atoms with Crippen LogP contribution in [0.25, 0.3) is 0 Å². The highest BCUT2D eigenvalue weighted by Crippen LogP contribution is 1.71.